The Kier molecular flexibility index (Phi) is 4.20. The molecular formula is C12H12Cl2N2O2S. The van der Waals surface area contributed by atoms with Gasteiger partial charge in [0.1, 0.15) is 16.4 Å². The summed E-state index contributed by atoms with van der Waals surface area (Å²) in [4.78, 5) is 14.5. The van der Waals surface area contributed by atoms with Gasteiger partial charge in [0, 0.05) is 0 Å². The molecule has 0 aliphatic heterocycles. The number of carbonyl (C=O) groups is 1. The van der Waals surface area contributed by atoms with Gasteiger partial charge in [0.25, 0.3) is 5.91 Å². The van der Waals surface area contributed by atoms with Crippen LogP contribution in [-0.4, -0.2) is 22.5 Å². The van der Waals surface area contributed by atoms with Gasteiger partial charge in [0.2, 0.25) is 0 Å². The molecule has 0 saturated heterocycles. The van der Waals surface area contributed by atoms with Crippen molar-refractivity contribution in [2.75, 3.05) is 6.54 Å². The highest BCUT2D eigenvalue weighted by Gasteiger charge is 2.24. The van der Waals surface area contributed by atoms with Crippen molar-refractivity contribution in [1.82, 2.24) is 10.3 Å². The van der Waals surface area contributed by atoms with E-state index in [1.54, 1.807) is 6.92 Å². The smallest absolute Gasteiger partial charge is 0.267 e. The molecule has 0 bridgehead atoms. The molecule has 102 valence electrons. The second-order valence-corrected chi connectivity index (χ2v) is 5.88. The van der Waals surface area contributed by atoms with Crippen molar-refractivity contribution in [3.63, 3.8) is 0 Å². The number of rotatable bonds is 4. The molecule has 1 atom stereocenters. The van der Waals surface area contributed by atoms with E-state index >= 15 is 0 Å². The summed E-state index contributed by atoms with van der Waals surface area (Å²) in [6.45, 7) is 1.74. The van der Waals surface area contributed by atoms with Crippen molar-refractivity contribution in [3.05, 3.63) is 44.3 Å². The Labute approximate surface area is 124 Å². The normalized spacial score (nSPS) is 14.1. The van der Waals surface area contributed by atoms with Crippen LogP contribution in [0.2, 0.25) is 10.2 Å². The molecule has 0 radical (unpaired) electrons. The summed E-state index contributed by atoms with van der Waals surface area (Å²) in [5, 5.41) is 17.1. The third kappa shape index (κ3) is 3.30. The second-order valence-electron chi connectivity index (χ2n) is 4.31. The van der Waals surface area contributed by atoms with Gasteiger partial charge in [-0.3, -0.25) is 4.79 Å². The molecule has 3 N–H and O–H groups in total. The van der Waals surface area contributed by atoms with Crippen molar-refractivity contribution < 1.29 is 9.90 Å². The van der Waals surface area contributed by atoms with Crippen LogP contribution >= 0.6 is 34.5 Å². The zero-order valence-corrected chi connectivity index (χ0v) is 12.4. The molecule has 2 rings (SSSR count). The lowest BCUT2D eigenvalue weighted by Gasteiger charge is -2.22. The van der Waals surface area contributed by atoms with Crippen LogP contribution in [0.3, 0.4) is 0 Å². The number of aromatic nitrogens is 1. The molecule has 2 aromatic heterocycles. The molecule has 0 spiro atoms. The van der Waals surface area contributed by atoms with Crippen molar-refractivity contribution in [1.29, 1.82) is 0 Å². The van der Waals surface area contributed by atoms with Gasteiger partial charge in [-0.2, -0.15) is 11.3 Å². The molecule has 4 nitrogen and oxygen atoms in total. The van der Waals surface area contributed by atoms with Gasteiger partial charge >= 0.3 is 0 Å². The fourth-order valence-corrected chi connectivity index (χ4v) is 2.64. The number of amides is 1. The van der Waals surface area contributed by atoms with Gasteiger partial charge in [0.15, 0.2) is 0 Å². The van der Waals surface area contributed by atoms with Crippen molar-refractivity contribution >= 4 is 40.4 Å². The number of hydrogen-bond acceptors (Lipinski definition) is 3. The highest BCUT2D eigenvalue weighted by Crippen LogP contribution is 2.23. The molecule has 0 aliphatic carbocycles. The number of hydrogen-bond donors (Lipinski definition) is 3. The van der Waals surface area contributed by atoms with E-state index in [-0.39, 0.29) is 28.3 Å². The summed E-state index contributed by atoms with van der Waals surface area (Å²) in [5.41, 5.74) is -0.0907. The third-order valence-corrected chi connectivity index (χ3v) is 4.08. The zero-order valence-electron chi connectivity index (χ0n) is 10.0. The zero-order chi connectivity index (χ0) is 14.0. The van der Waals surface area contributed by atoms with Gasteiger partial charge in [-0.1, -0.05) is 23.2 Å². The molecule has 0 aromatic carbocycles. The summed E-state index contributed by atoms with van der Waals surface area (Å²) in [6, 6.07) is 3.26. The summed E-state index contributed by atoms with van der Waals surface area (Å²) in [7, 11) is 0. The van der Waals surface area contributed by atoms with Crippen molar-refractivity contribution in [3.8, 4) is 0 Å². The third-order valence-electron chi connectivity index (χ3n) is 2.71. The number of thiophene rings is 1. The van der Waals surface area contributed by atoms with Gasteiger partial charge in [-0.25, -0.2) is 0 Å². The molecule has 0 aliphatic rings. The lowest BCUT2D eigenvalue weighted by atomic mass is 9.99. The van der Waals surface area contributed by atoms with Crippen molar-refractivity contribution in [2.45, 2.75) is 12.5 Å². The minimum absolute atomic E-state index is 0.0941. The van der Waals surface area contributed by atoms with Crippen LogP contribution in [0.25, 0.3) is 0 Å². The lowest BCUT2D eigenvalue weighted by molar-refractivity contribution is 0.0529. The maximum atomic E-state index is 11.9. The molecule has 2 heterocycles. The SMILES string of the molecule is CC(O)(CNC(=O)c1cc(Cl)c(Cl)[nH]1)c1ccsc1. The Morgan fingerprint density at radius 1 is 1.58 bits per heavy atom. The first-order chi connectivity index (χ1) is 8.90. The van der Waals surface area contributed by atoms with Crippen LogP contribution in [0.4, 0.5) is 0 Å². The first-order valence-electron chi connectivity index (χ1n) is 5.47. The van der Waals surface area contributed by atoms with Gasteiger partial charge in [-0.05, 0) is 35.4 Å². The van der Waals surface area contributed by atoms with E-state index < -0.39 is 5.60 Å². The van der Waals surface area contributed by atoms with Crippen LogP contribution in [0.5, 0.6) is 0 Å². The Bertz CT molecular complexity index is 559. The average Bonchev–Trinajstić information content (AvgIpc) is 2.98. The molecule has 0 saturated carbocycles. The van der Waals surface area contributed by atoms with E-state index in [1.165, 1.54) is 17.4 Å². The van der Waals surface area contributed by atoms with Crippen LogP contribution in [-0.2, 0) is 5.60 Å². The minimum Gasteiger partial charge on any atom is -0.384 e. The van der Waals surface area contributed by atoms with E-state index in [2.05, 4.69) is 10.3 Å². The number of H-pyrrole nitrogens is 1. The second kappa shape index (κ2) is 5.54. The maximum absolute atomic E-state index is 11.9. The van der Waals surface area contributed by atoms with Crippen LogP contribution in [0, 0.1) is 0 Å². The highest BCUT2D eigenvalue weighted by atomic mass is 35.5. The molecule has 2 aromatic rings. The fraction of sp³-hybridized carbons (Fsp3) is 0.250. The molecule has 1 unspecified atom stereocenters. The molecule has 7 heteroatoms. The first-order valence-corrected chi connectivity index (χ1v) is 7.17. The van der Waals surface area contributed by atoms with Gasteiger partial charge in [0.05, 0.1) is 11.6 Å². The van der Waals surface area contributed by atoms with E-state index in [4.69, 9.17) is 23.2 Å². The number of aromatic amines is 1. The van der Waals surface area contributed by atoms with E-state index in [1.807, 2.05) is 16.8 Å². The van der Waals surface area contributed by atoms with Crippen LogP contribution in [0.15, 0.2) is 22.9 Å². The van der Waals surface area contributed by atoms with Crippen LogP contribution < -0.4 is 5.32 Å². The molecule has 1 amide bonds. The Hall–Kier alpha value is -1.01. The van der Waals surface area contributed by atoms with E-state index in [0.717, 1.165) is 5.56 Å². The maximum Gasteiger partial charge on any atom is 0.267 e. The number of carbonyl (C=O) groups excluding carboxylic acids is 1. The monoisotopic (exact) mass is 318 g/mol. The fourth-order valence-electron chi connectivity index (χ4n) is 1.55. The summed E-state index contributed by atoms with van der Waals surface area (Å²) >= 11 is 13.0. The highest BCUT2D eigenvalue weighted by molar-refractivity contribution is 7.08. The van der Waals surface area contributed by atoms with E-state index in [9.17, 15) is 9.90 Å². The molecule has 19 heavy (non-hydrogen) atoms. The van der Waals surface area contributed by atoms with Gasteiger partial charge in [-0.15, -0.1) is 0 Å². The quantitative estimate of drug-likeness (QED) is 0.811. The number of halogens is 2. The topological polar surface area (TPSA) is 65.1 Å². The summed E-state index contributed by atoms with van der Waals surface area (Å²) in [6.07, 6.45) is 0. The van der Waals surface area contributed by atoms with Crippen LogP contribution in [0.1, 0.15) is 23.0 Å². The van der Waals surface area contributed by atoms with Crippen molar-refractivity contribution in [2.24, 2.45) is 0 Å². The molecular weight excluding hydrogens is 307 g/mol. The number of nitrogens with one attached hydrogen (secondary N) is 2. The number of aliphatic hydroxyl groups is 1. The standard InChI is InChI=1S/C12H12Cl2N2O2S/c1-12(18,7-2-3-19-5-7)6-15-11(17)9-4-8(13)10(14)16-9/h2-5,16,18H,6H2,1H3,(H,15,17). The average molecular weight is 319 g/mol. The van der Waals surface area contributed by atoms with Gasteiger partial charge < -0.3 is 15.4 Å². The summed E-state index contributed by atoms with van der Waals surface area (Å²) < 4.78 is 0. The molecule has 0 fully saturated rings. The predicted octanol–water partition coefficient (Wildman–Crippen LogP) is 3.02. The lowest BCUT2D eigenvalue weighted by Crippen LogP contribution is -2.38. The Morgan fingerprint density at radius 2 is 2.32 bits per heavy atom. The first kappa shape index (κ1) is 14.4. The van der Waals surface area contributed by atoms with E-state index in [0.29, 0.717) is 0 Å². The predicted molar refractivity (Wildman–Crippen MR) is 77.0 cm³/mol. The largest absolute Gasteiger partial charge is 0.384 e. The Morgan fingerprint density at radius 3 is 2.84 bits per heavy atom. The minimum atomic E-state index is -1.12. The summed E-state index contributed by atoms with van der Waals surface area (Å²) in [5.74, 6) is -0.371. The Balaban J connectivity index is 2.01.